The summed E-state index contributed by atoms with van der Waals surface area (Å²) in [6.07, 6.45) is 3.16. The molecule has 0 radical (unpaired) electrons. The quantitative estimate of drug-likeness (QED) is 0.0889. The molecular weight excluding hydrogens is 857 g/mol. The van der Waals surface area contributed by atoms with Gasteiger partial charge in [-0.1, -0.05) is 95.6 Å². The van der Waals surface area contributed by atoms with E-state index in [1.54, 1.807) is 37.3 Å². The highest BCUT2D eigenvalue weighted by Gasteiger charge is 2.46. The number of aromatic nitrogens is 4. The minimum absolute atomic E-state index is 0.0607. The summed E-state index contributed by atoms with van der Waals surface area (Å²) in [5, 5.41) is 23.6. The number of rotatable bonds is 21. The molecule has 3 heterocycles. The Kier molecular flexibility index (Phi) is 16.9. The number of Topliss-reactive ketones (excluding diaryl/α,β-unsaturated/α-hetero) is 1. The number of unbranched alkanes of at least 4 members (excludes halogenated alkanes) is 1. The third-order valence-corrected chi connectivity index (χ3v) is 12.9. The second-order valence-electron chi connectivity index (χ2n) is 19.3. The molecule has 3 aromatic rings. The summed E-state index contributed by atoms with van der Waals surface area (Å²) in [5.74, 6) is -3.84. The van der Waals surface area contributed by atoms with Crippen LogP contribution in [0.3, 0.4) is 0 Å². The normalized spacial score (nSPS) is 18.4. The summed E-state index contributed by atoms with van der Waals surface area (Å²) in [7, 11) is 0. The highest BCUT2D eigenvalue weighted by Crippen LogP contribution is 2.28. The predicted molar refractivity (Wildman–Crippen MR) is 248 cm³/mol. The van der Waals surface area contributed by atoms with E-state index in [0.717, 1.165) is 29.5 Å². The third-order valence-electron chi connectivity index (χ3n) is 12.9. The zero-order chi connectivity index (χ0) is 48.4. The summed E-state index contributed by atoms with van der Waals surface area (Å²) in [6.45, 7) is 13.7. The fourth-order valence-electron chi connectivity index (χ4n) is 8.76. The highest BCUT2D eigenvalue weighted by atomic mass is 16.6. The van der Waals surface area contributed by atoms with Crippen LogP contribution in [-0.2, 0) is 58.4 Å². The van der Waals surface area contributed by atoms with Crippen molar-refractivity contribution in [2.75, 3.05) is 13.1 Å². The van der Waals surface area contributed by atoms with E-state index in [-0.39, 0.29) is 43.7 Å². The third kappa shape index (κ3) is 12.8. The van der Waals surface area contributed by atoms with E-state index in [9.17, 15) is 33.6 Å². The number of carbonyl (C=O) groups excluding carboxylic acids is 7. The van der Waals surface area contributed by atoms with Crippen molar-refractivity contribution in [2.24, 2.45) is 11.8 Å². The molecule has 4 N–H and O–H groups in total. The lowest BCUT2D eigenvalue weighted by Crippen LogP contribution is -2.59. The molecule has 3 unspecified atom stereocenters. The number of hydrogen-bond donors (Lipinski definition) is 4. The van der Waals surface area contributed by atoms with Crippen molar-refractivity contribution in [2.45, 2.75) is 161 Å². The van der Waals surface area contributed by atoms with Crippen LogP contribution >= 0.6 is 0 Å². The number of hydrogen-bond acceptors (Lipinski definition) is 11. The number of amides is 6. The molecule has 1 aromatic heterocycles. The molecule has 1 saturated heterocycles. The smallest absolute Gasteiger partial charge is 0.410 e. The summed E-state index contributed by atoms with van der Waals surface area (Å²) < 4.78 is 7.79. The number of tetrazole rings is 1. The maximum Gasteiger partial charge on any atom is 0.410 e. The van der Waals surface area contributed by atoms with E-state index >= 15 is 0 Å². The zero-order valence-corrected chi connectivity index (χ0v) is 40.0. The molecule has 18 heteroatoms. The van der Waals surface area contributed by atoms with Gasteiger partial charge < -0.3 is 35.8 Å². The monoisotopic (exact) mass is 925 g/mol. The number of carbonyl (C=O) groups is 7. The number of aryl methyl sites for hydroxylation is 1. The summed E-state index contributed by atoms with van der Waals surface area (Å²) in [6, 6.07) is 13.3. The first-order valence-corrected chi connectivity index (χ1v) is 23.9. The van der Waals surface area contributed by atoms with Crippen LogP contribution in [0.15, 0.2) is 54.6 Å². The standard InChI is InChI=1S/C49H68N10O8/c1-8-16-37(43(61)46(64)50-35-23-24-35)51-44(62)38-27-36(67-48(66)57-26-25-32-17-12-13-18-33(32)28-57)29-58(38)47(65)42(31(4)5)53-45(63)41(30(2)3)52-40(60)22-15-14-21-39-54-55-56-59(39)49(6,7)34-19-10-9-11-20-34/h9-13,17-20,30-31,35-38,41-42H,8,14-16,21-29H2,1-7H3,(H,50,64)(H,51,62)(H,52,60)(H,53,63)/t36?,37?,38-,41-,42?/m0/s1. The van der Waals surface area contributed by atoms with Crippen molar-refractivity contribution in [3.63, 3.8) is 0 Å². The first-order valence-electron chi connectivity index (χ1n) is 23.9. The van der Waals surface area contributed by atoms with Crippen LogP contribution in [0.2, 0.25) is 0 Å². The minimum atomic E-state index is -1.20. The highest BCUT2D eigenvalue weighted by molar-refractivity contribution is 6.38. The van der Waals surface area contributed by atoms with E-state index < -0.39 is 77.2 Å². The molecule has 2 aliphatic heterocycles. The number of nitrogens with zero attached hydrogens (tertiary/aromatic N) is 6. The van der Waals surface area contributed by atoms with E-state index in [1.165, 1.54) is 4.90 Å². The van der Waals surface area contributed by atoms with Gasteiger partial charge in [0.1, 0.15) is 24.2 Å². The molecule has 0 spiro atoms. The maximum absolute atomic E-state index is 14.7. The Labute approximate surface area is 393 Å². The van der Waals surface area contributed by atoms with Crippen molar-refractivity contribution < 1.29 is 38.3 Å². The van der Waals surface area contributed by atoms with Crippen molar-refractivity contribution in [3.05, 3.63) is 77.1 Å². The number of ketones is 1. The molecule has 1 saturated carbocycles. The van der Waals surface area contributed by atoms with Gasteiger partial charge in [-0.05, 0) is 91.3 Å². The molecule has 18 nitrogen and oxygen atoms in total. The Balaban J connectivity index is 1.10. The Morgan fingerprint density at radius 1 is 0.851 bits per heavy atom. The number of nitrogens with one attached hydrogen (secondary N) is 4. The van der Waals surface area contributed by atoms with Crippen LogP contribution in [0.25, 0.3) is 0 Å². The Hall–Kier alpha value is -6.20. The molecule has 3 aliphatic rings. The lowest BCUT2D eigenvalue weighted by atomic mass is 9.94. The number of fused-ring (bicyclic) bond motifs is 1. The number of likely N-dealkylation sites (tertiary alicyclic amines) is 1. The van der Waals surface area contributed by atoms with Gasteiger partial charge >= 0.3 is 6.09 Å². The lowest BCUT2D eigenvalue weighted by Gasteiger charge is -2.32. The maximum atomic E-state index is 14.7. The molecule has 362 valence electrons. The van der Waals surface area contributed by atoms with Crippen molar-refractivity contribution in [1.82, 2.24) is 51.3 Å². The molecule has 2 aromatic carbocycles. The summed E-state index contributed by atoms with van der Waals surface area (Å²) >= 11 is 0. The van der Waals surface area contributed by atoms with E-state index in [1.807, 2.05) is 75.4 Å². The Morgan fingerprint density at radius 3 is 2.21 bits per heavy atom. The average molecular weight is 925 g/mol. The van der Waals surface area contributed by atoms with Gasteiger partial charge in [0.2, 0.25) is 29.4 Å². The van der Waals surface area contributed by atoms with E-state index in [0.29, 0.717) is 51.0 Å². The molecule has 6 amide bonds. The van der Waals surface area contributed by atoms with Gasteiger partial charge in [-0.2, -0.15) is 0 Å². The molecule has 5 atom stereocenters. The fourth-order valence-corrected chi connectivity index (χ4v) is 8.76. The molecule has 67 heavy (non-hydrogen) atoms. The molecule has 1 aliphatic carbocycles. The molecule has 0 bridgehead atoms. The van der Waals surface area contributed by atoms with Gasteiger partial charge in [-0.15, -0.1) is 5.10 Å². The molecular formula is C49H68N10O8. The lowest BCUT2D eigenvalue weighted by molar-refractivity contribution is -0.144. The van der Waals surface area contributed by atoms with Crippen LogP contribution in [0.4, 0.5) is 4.79 Å². The SMILES string of the molecule is CCCC(NC(=O)[C@@H]1CC(OC(=O)N2CCc3ccccc3C2)CN1C(=O)C(NC(=O)[C@@H](NC(=O)CCCCc1nnnn1C(C)(C)c1ccccc1)C(C)C)C(C)C)C(=O)C(=O)NC1CC1. The van der Waals surface area contributed by atoms with Gasteiger partial charge in [-0.25, -0.2) is 9.48 Å². The zero-order valence-electron chi connectivity index (χ0n) is 40.0. The van der Waals surface area contributed by atoms with Crippen LogP contribution in [0.5, 0.6) is 0 Å². The van der Waals surface area contributed by atoms with Crippen molar-refractivity contribution in [1.29, 1.82) is 0 Å². The first-order chi connectivity index (χ1) is 32.0. The van der Waals surface area contributed by atoms with E-state index in [4.69, 9.17) is 4.74 Å². The largest absolute Gasteiger partial charge is 0.444 e. The van der Waals surface area contributed by atoms with Crippen LogP contribution < -0.4 is 21.3 Å². The van der Waals surface area contributed by atoms with Gasteiger partial charge in [-0.3, -0.25) is 28.8 Å². The number of ether oxygens (including phenoxy) is 1. The number of benzene rings is 2. The summed E-state index contributed by atoms with van der Waals surface area (Å²) in [4.78, 5) is 98.9. The van der Waals surface area contributed by atoms with Crippen molar-refractivity contribution >= 4 is 41.4 Å². The van der Waals surface area contributed by atoms with Crippen molar-refractivity contribution in [3.8, 4) is 0 Å². The van der Waals surface area contributed by atoms with E-state index in [2.05, 4.69) is 36.8 Å². The van der Waals surface area contributed by atoms with Crippen LogP contribution in [-0.4, -0.2) is 121 Å². The predicted octanol–water partition coefficient (Wildman–Crippen LogP) is 3.75. The first kappa shape index (κ1) is 50.2. The van der Waals surface area contributed by atoms with Gasteiger partial charge in [0.25, 0.3) is 5.91 Å². The van der Waals surface area contributed by atoms with Crippen LogP contribution in [0.1, 0.15) is 122 Å². The molecule has 2 fully saturated rings. The van der Waals surface area contributed by atoms with Gasteiger partial charge in [0.05, 0.1) is 18.1 Å². The summed E-state index contributed by atoms with van der Waals surface area (Å²) in [5.41, 5.74) is 2.72. The second-order valence-corrected chi connectivity index (χ2v) is 19.3. The average Bonchev–Trinajstić information content (AvgIpc) is 3.81. The van der Waals surface area contributed by atoms with Crippen LogP contribution in [0, 0.1) is 11.8 Å². The minimum Gasteiger partial charge on any atom is -0.444 e. The second kappa shape index (κ2) is 22.5. The topological polar surface area (TPSA) is 227 Å². The Morgan fingerprint density at radius 2 is 1.54 bits per heavy atom. The van der Waals surface area contributed by atoms with Gasteiger partial charge in [0, 0.05) is 38.4 Å². The Bertz CT molecular complexity index is 2240. The molecule has 6 rings (SSSR count). The fraction of sp³-hybridized carbons (Fsp3) is 0.592. The van der Waals surface area contributed by atoms with Gasteiger partial charge in [0.15, 0.2) is 5.82 Å².